The van der Waals surface area contributed by atoms with Crippen molar-refractivity contribution in [2.24, 2.45) is 0 Å². The Morgan fingerprint density at radius 1 is 1.33 bits per heavy atom. The van der Waals surface area contributed by atoms with Crippen molar-refractivity contribution < 1.29 is 9.53 Å². The van der Waals surface area contributed by atoms with Crippen LogP contribution in [0.4, 0.5) is 0 Å². The molecule has 76 valence electrons. The predicted molar refractivity (Wildman–Crippen MR) is 56.8 cm³/mol. The summed E-state index contributed by atoms with van der Waals surface area (Å²) in [4.78, 5) is 15.6. The van der Waals surface area contributed by atoms with Crippen LogP contribution in [0.1, 0.15) is 17.4 Å². The third-order valence-corrected chi connectivity index (χ3v) is 2.07. The van der Waals surface area contributed by atoms with Gasteiger partial charge in [-0.15, -0.1) is 0 Å². The van der Waals surface area contributed by atoms with E-state index in [1.165, 1.54) is 0 Å². The molecular formula is C12H11NO2. The molecule has 0 unspecified atom stereocenters. The maximum absolute atomic E-state index is 11.4. The fourth-order valence-corrected chi connectivity index (χ4v) is 1.39. The molecule has 1 aliphatic heterocycles. The molecule has 0 aromatic heterocycles. The third kappa shape index (κ3) is 1.96. The molecule has 0 bridgehead atoms. The third-order valence-electron chi connectivity index (χ3n) is 2.07. The van der Waals surface area contributed by atoms with Crippen LogP contribution in [0.5, 0.6) is 0 Å². The molecule has 1 aliphatic carbocycles. The first-order valence-electron chi connectivity index (χ1n) is 4.84. The number of hydrogen-bond acceptors (Lipinski definition) is 3. The average Bonchev–Trinajstić information content (AvgIpc) is 2.51. The van der Waals surface area contributed by atoms with Gasteiger partial charge in [0.25, 0.3) is 0 Å². The van der Waals surface area contributed by atoms with Crippen LogP contribution in [-0.4, -0.2) is 17.6 Å². The Hall–Kier alpha value is -1.90. The molecule has 0 amide bonds. The molecule has 2 aliphatic rings. The largest absolute Gasteiger partial charge is 0.461 e. The van der Waals surface area contributed by atoms with Crippen molar-refractivity contribution in [3.05, 3.63) is 42.1 Å². The SMILES string of the molecule is CCOC(=O)c1cc2cccccc-2n1. The molecule has 3 heteroatoms. The average molecular weight is 201 g/mol. The van der Waals surface area contributed by atoms with Crippen molar-refractivity contribution in [3.63, 3.8) is 0 Å². The zero-order valence-corrected chi connectivity index (χ0v) is 8.43. The van der Waals surface area contributed by atoms with Crippen LogP contribution < -0.4 is 0 Å². The van der Waals surface area contributed by atoms with Gasteiger partial charge in [-0.3, -0.25) is 0 Å². The van der Waals surface area contributed by atoms with Gasteiger partial charge in [0, 0.05) is 5.56 Å². The number of fused-ring (bicyclic) bond motifs is 1. The summed E-state index contributed by atoms with van der Waals surface area (Å²) in [6, 6.07) is 11.3. The Balaban J connectivity index is 2.40. The van der Waals surface area contributed by atoms with Gasteiger partial charge in [-0.1, -0.05) is 24.3 Å². The molecular weight excluding hydrogens is 190 g/mol. The normalized spacial score (nSPS) is 10.2. The molecule has 0 aromatic rings. The Morgan fingerprint density at radius 3 is 2.93 bits per heavy atom. The van der Waals surface area contributed by atoms with E-state index in [4.69, 9.17) is 4.74 Å². The van der Waals surface area contributed by atoms with Crippen molar-refractivity contribution >= 4 is 5.97 Å². The molecule has 3 nitrogen and oxygen atoms in total. The summed E-state index contributed by atoms with van der Waals surface area (Å²) in [5.74, 6) is -0.364. The second-order valence-electron chi connectivity index (χ2n) is 3.11. The molecule has 0 spiro atoms. The molecule has 2 rings (SSSR count). The van der Waals surface area contributed by atoms with E-state index in [1.807, 2.05) is 30.3 Å². The molecule has 0 aromatic carbocycles. The lowest BCUT2D eigenvalue weighted by Gasteiger charge is -1.95. The molecule has 15 heavy (non-hydrogen) atoms. The van der Waals surface area contributed by atoms with E-state index in [0.717, 1.165) is 11.3 Å². The zero-order chi connectivity index (χ0) is 10.7. The first kappa shape index (κ1) is 9.65. The van der Waals surface area contributed by atoms with Gasteiger partial charge in [0.1, 0.15) is 5.69 Å². The van der Waals surface area contributed by atoms with E-state index in [0.29, 0.717) is 12.3 Å². The van der Waals surface area contributed by atoms with Crippen molar-refractivity contribution in [3.8, 4) is 11.3 Å². The summed E-state index contributed by atoms with van der Waals surface area (Å²) in [5.41, 5.74) is 2.13. The maximum atomic E-state index is 11.4. The number of rotatable bonds is 2. The number of carbonyl (C=O) groups excluding carboxylic acids is 1. The van der Waals surface area contributed by atoms with Gasteiger partial charge in [-0.2, -0.15) is 0 Å². The zero-order valence-electron chi connectivity index (χ0n) is 8.43. The lowest BCUT2D eigenvalue weighted by molar-refractivity contribution is 0.0520. The summed E-state index contributed by atoms with van der Waals surface area (Å²) in [5, 5.41) is 0. The van der Waals surface area contributed by atoms with Crippen molar-refractivity contribution in [2.75, 3.05) is 6.61 Å². The number of carbonyl (C=O) groups is 1. The molecule has 1 heterocycles. The topological polar surface area (TPSA) is 39.2 Å². The van der Waals surface area contributed by atoms with Crippen LogP contribution in [0.3, 0.4) is 0 Å². The van der Waals surface area contributed by atoms with Crippen molar-refractivity contribution in [2.45, 2.75) is 6.92 Å². The lowest BCUT2D eigenvalue weighted by atomic mass is 10.2. The Bertz CT molecular complexity index is 423. The van der Waals surface area contributed by atoms with Crippen LogP contribution in [-0.2, 0) is 4.74 Å². The molecule has 0 atom stereocenters. The highest BCUT2D eigenvalue weighted by Crippen LogP contribution is 2.20. The number of esters is 1. The first-order chi connectivity index (χ1) is 7.31. The van der Waals surface area contributed by atoms with Crippen LogP contribution >= 0.6 is 0 Å². The summed E-state index contributed by atoms with van der Waals surface area (Å²) in [7, 11) is 0. The quantitative estimate of drug-likeness (QED) is 0.700. The van der Waals surface area contributed by atoms with E-state index >= 15 is 0 Å². The summed E-state index contributed by atoms with van der Waals surface area (Å²) >= 11 is 0. The van der Waals surface area contributed by atoms with Crippen molar-refractivity contribution in [1.29, 1.82) is 0 Å². The molecule has 0 saturated carbocycles. The van der Waals surface area contributed by atoms with Gasteiger partial charge in [-0.25, -0.2) is 9.78 Å². The first-order valence-corrected chi connectivity index (χ1v) is 4.84. The Kier molecular flexibility index (Phi) is 2.63. The highest BCUT2D eigenvalue weighted by Gasteiger charge is 2.13. The Morgan fingerprint density at radius 2 is 2.13 bits per heavy atom. The van der Waals surface area contributed by atoms with E-state index in [2.05, 4.69) is 4.98 Å². The minimum atomic E-state index is -0.364. The van der Waals surface area contributed by atoms with Gasteiger partial charge < -0.3 is 4.74 Å². The second-order valence-corrected chi connectivity index (χ2v) is 3.11. The van der Waals surface area contributed by atoms with Crippen molar-refractivity contribution in [1.82, 2.24) is 4.98 Å². The lowest BCUT2D eigenvalue weighted by Crippen LogP contribution is -2.04. The molecule has 0 fully saturated rings. The Labute approximate surface area is 88.1 Å². The van der Waals surface area contributed by atoms with Crippen LogP contribution in [0.2, 0.25) is 0 Å². The molecule has 0 saturated heterocycles. The van der Waals surface area contributed by atoms with Gasteiger partial charge in [-0.05, 0) is 19.1 Å². The fourth-order valence-electron chi connectivity index (χ4n) is 1.39. The van der Waals surface area contributed by atoms with Gasteiger partial charge in [0.2, 0.25) is 0 Å². The summed E-state index contributed by atoms with van der Waals surface area (Å²) in [6.07, 6.45) is 0. The van der Waals surface area contributed by atoms with E-state index in [1.54, 1.807) is 13.0 Å². The smallest absolute Gasteiger partial charge is 0.356 e. The predicted octanol–water partition coefficient (Wildman–Crippen LogP) is 2.36. The minimum Gasteiger partial charge on any atom is -0.461 e. The summed E-state index contributed by atoms with van der Waals surface area (Å²) in [6.45, 7) is 2.15. The van der Waals surface area contributed by atoms with E-state index in [-0.39, 0.29) is 5.97 Å². The van der Waals surface area contributed by atoms with Crippen LogP contribution in [0.15, 0.2) is 36.4 Å². The van der Waals surface area contributed by atoms with E-state index in [9.17, 15) is 4.79 Å². The summed E-state index contributed by atoms with van der Waals surface area (Å²) < 4.78 is 4.88. The monoisotopic (exact) mass is 201 g/mol. The number of hydrogen-bond donors (Lipinski definition) is 0. The fraction of sp³-hybridized carbons (Fsp3) is 0.167. The molecule has 0 radical (unpaired) electrons. The highest BCUT2D eigenvalue weighted by atomic mass is 16.5. The van der Waals surface area contributed by atoms with Gasteiger partial charge in [0.15, 0.2) is 0 Å². The number of nitrogens with zero attached hydrogens (tertiary/aromatic N) is 1. The van der Waals surface area contributed by atoms with Gasteiger partial charge in [0.05, 0.1) is 12.3 Å². The molecule has 0 N–H and O–H groups in total. The second kappa shape index (κ2) is 4.09. The van der Waals surface area contributed by atoms with Gasteiger partial charge >= 0.3 is 5.97 Å². The maximum Gasteiger partial charge on any atom is 0.356 e. The van der Waals surface area contributed by atoms with Crippen LogP contribution in [0, 0.1) is 0 Å². The van der Waals surface area contributed by atoms with E-state index < -0.39 is 0 Å². The number of aromatic nitrogens is 1. The van der Waals surface area contributed by atoms with Crippen LogP contribution in [0.25, 0.3) is 11.3 Å². The number of ether oxygens (including phenoxy) is 1. The minimum absolute atomic E-state index is 0.364. The highest BCUT2D eigenvalue weighted by molar-refractivity contribution is 5.90. The standard InChI is InChI=1S/C12H11NO2/c1-2-15-12(14)11-8-9-6-4-3-5-7-10(9)13-11/h3-8H,2H2,1H3.